The molecular formula is C25H21F2N9O. The van der Waals surface area contributed by atoms with Gasteiger partial charge in [-0.15, -0.1) is 0 Å². The van der Waals surface area contributed by atoms with Crippen molar-refractivity contribution in [2.75, 3.05) is 12.3 Å². The number of likely N-dealkylation sites (tertiary alicyclic amines) is 1. The normalized spacial score (nSPS) is 17.1. The van der Waals surface area contributed by atoms with E-state index in [1.54, 1.807) is 16.5 Å². The summed E-state index contributed by atoms with van der Waals surface area (Å²) in [7, 11) is 0. The van der Waals surface area contributed by atoms with Crippen LogP contribution < -0.4 is 5.73 Å². The molecule has 2 atom stereocenters. The van der Waals surface area contributed by atoms with Crippen LogP contribution in [0.15, 0.2) is 31.4 Å². The van der Waals surface area contributed by atoms with E-state index in [0.29, 0.717) is 24.0 Å². The molecule has 10 nitrogen and oxygen atoms in total. The average Bonchev–Trinajstić information content (AvgIpc) is 3.60. The Morgan fingerprint density at radius 1 is 1.30 bits per heavy atom. The van der Waals surface area contributed by atoms with Gasteiger partial charge in [-0.1, -0.05) is 12.5 Å². The van der Waals surface area contributed by atoms with Crippen molar-refractivity contribution in [3.8, 4) is 17.9 Å². The Hall–Kier alpha value is -4.84. The van der Waals surface area contributed by atoms with E-state index in [2.05, 4.69) is 44.5 Å². The summed E-state index contributed by atoms with van der Waals surface area (Å²) < 4.78 is 32.8. The molecule has 0 saturated carbocycles. The van der Waals surface area contributed by atoms with Crippen molar-refractivity contribution in [3.05, 3.63) is 54.3 Å². The molecule has 1 aliphatic rings. The summed E-state index contributed by atoms with van der Waals surface area (Å²) in [6.07, 6.45) is 4.55. The van der Waals surface area contributed by atoms with Gasteiger partial charge in [-0.25, -0.2) is 28.4 Å². The molecule has 0 aliphatic carbocycles. The fourth-order valence-corrected chi connectivity index (χ4v) is 4.71. The highest BCUT2D eigenvalue weighted by Gasteiger charge is 2.37. The molecule has 2 N–H and O–H groups in total. The Labute approximate surface area is 210 Å². The third-order valence-corrected chi connectivity index (χ3v) is 6.48. The molecule has 0 bridgehead atoms. The fourth-order valence-electron chi connectivity index (χ4n) is 4.71. The fraction of sp³-hybridized carbons (Fsp3) is 0.280. The standard InChI is InChI=1S/C25H21F2N9O/c1-3-19(37)35-11-16(10-15(35)7-8-28)36-25-20(24(29)30-12-31-25)17(33-36)6-5-14-9-18-23(22(27)21(14)26)34(4-2)13-32-18/h3,9,12-13,15-16H,1,4,7,10-11H2,2H3,(H2,29,30,31)/t15-,16-/m0/s1. The Morgan fingerprint density at radius 2 is 2.11 bits per heavy atom. The first kappa shape index (κ1) is 23.9. The maximum atomic E-state index is 14.9. The highest BCUT2D eigenvalue weighted by molar-refractivity contribution is 5.91. The van der Waals surface area contributed by atoms with Gasteiger partial charge in [-0.3, -0.25) is 4.79 Å². The number of nitrogens with two attached hydrogens (primary N) is 1. The van der Waals surface area contributed by atoms with Crippen LogP contribution in [0.1, 0.15) is 37.1 Å². The lowest BCUT2D eigenvalue weighted by atomic mass is 10.1. The van der Waals surface area contributed by atoms with E-state index in [-0.39, 0.29) is 59.1 Å². The van der Waals surface area contributed by atoms with Crippen LogP contribution in [0, 0.1) is 34.8 Å². The molecule has 0 unspecified atom stereocenters. The molecule has 4 aromatic rings. The first-order valence-electron chi connectivity index (χ1n) is 11.5. The van der Waals surface area contributed by atoms with Crippen LogP contribution >= 0.6 is 0 Å². The molecule has 1 aliphatic heterocycles. The largest absolute Gasteiger partial charge is 0.383 e. The van der Waals surface area contributed by atoms with Gasteiger partial charge in [0.05, 0.1) is 41.3 Å². The number of halogens is 2. The topological polar surface area (TPSA) is 132 Å². The van der Waals surface area contributed by atoms with E-state index in [9.17, 15) is 18.8 Å². The van der Waals surface area contributed by atoms with Crippen LogP contribution in [0.5, 0.6) is 0 Å². The van der Waals surface area contributed by atoms with Crippen molar-refractivity contribution < 1.29 is 13.6 Å². The second-order valence-corrected chi connectivity index (χ2v) is 8.55. The minimum Gasteiger partial charge on any atom is -0.383 e. The number of hydrogen-bond acceptors (Lipinski definition) is 7. The molecule has 1 aromatic carbocycles. The van der Waals surface area contributed by atoms with Gasteiger partial charge in [-0.2, -0.15) is 10.4 Å². The van der Waals surface area contributed by atoms with Crippen LogP contribution in [-0.2, 0) is 11.3 Å². The summed E-state index contributed by atoms with van der Waals surface area (Å²) >= 11 is 0. The van der Waals surface area contributed by atoms with Crippen LogP contribution in [0.2, 0.25) is 0 Å². The van der Waals surface area contributed by atoms with Gasteiger partial charge in [0.1, 0.15) is 23.4 Å². The number of fused-ring (bicyclic) bond motifs is 2. The van der Waals surface area contributed by atoms with E-state index in [4.69, 9.17) is 5.73 Å². The van der Waals surface area contributed by atoms with Crippen LogP contribution in [0.25, 0.3) is 22.1 Å². The zero-order valence-corrected chi connectivity index (χ0v) is 19.8. The van der Waals surface area contributed by atoms with E-state index >= 15 is 0 Å². The molecule has 1 fully saturated rings. The van der Waals surface area contributed by atoms with Gasteiger partial charge >= 0.3 is 0 Å². The molecule has 3 aromatic heterocycles. The third-order valence-electron chi connectivity index (χ3n) is 6.48. The predicted molar refractivity (Wildman–Crippen MR) is 131 cm³/mol. The number of anilines is 1. The summed E-state index contributed by atoms with van der Waals surface area (Å²) in [6.45, 7) is 6.06. The summed E-state index contributed by atoms with van der Waals surface area (Å²) in [4.78, 5) is 26.4. The number of nitrogen functional groups attached to an aromatic ring is 1. The zero-order chi connectivity index (χ0) is 26.3. The Kier molecular flexibility index (Phi) is 6.01. The molecule has 12 heteroatoms. The number of benzene rings is 1. The Balaban J connectivity index is 1.59. The molecule has 37 heavy (non-hydrogen) atoms. The second-order valence-electron chi connectivity index (χ2n) is 8.55. The molecule has 186 valence electrons. The number of aromatic nitrogens is 6. The molecule has 0 spiro atoms. The van der Waals surface area contributed by atoms with Gasteiger partial charge in [0, 0.05) is 19.1 Å². The van der Waals surface area contributed by atoms with Crippen molar-refractivity contribution in [2.45, 2.75) is 38.4 Å². The molecule has 5 rings (SSSR count). The Morgan fingerprint density at radius 3 is 2.84 bits per heavy atom. The van der Waals surface area contributed by atoms with E-state index in [1.165, 1.54) is 29.4 Å². The van der Waals surface area contributed by atoms with Crippen LogP contribution in [0.4, 0.5) is 14.6 Å². The highest BCUT2D eigenvalue weighted by atomic mass is 19.2. The lowest BCUT2D eigenvalue weighted by Gasteiger charge is -2.20. The number of amides is 1. The molecular weight excluding hydrogens is 480 g/mol. The van der Waals surface area contributed by atoms with Gasteiger partial charge in [0.25, 0.3) is 0 Å². The van der Waals surface area contributed by atoms with E-state index in [1.807, 2.05) is 0 Å². The molecule has 0 radical (unpaired) electrons. The number of nitriles is 1. The monoisotopic (exact) mass is 501 g/mol. The molecule has 4 heterocycles. The van der Waals surface area contributed by atoms with Gasteiger partial charge in [0.15, 0.2) is 17.3 Å². The van der Waals surface area contributed by atoms with Crippen molar-refractivity contribution in [3.63, 3.8) is 0 Å². The minimum atomic E-state index is -1.09. The maximum Gasteiger partial charge on any atom is 0.246 e. The van der Waals surface area contributed by atoms with Gasteiger partial charge in [0.2, 0.25) is 5.91 Å². The third kappa shape index (κ3) is 3.93. The smallest absolute Gasteiger partial charge is 0.246 e. The number of hydrogen-bond donors (Lipinski definition) is 1. The lowest BCUT2D eigenvalue weighted by Crippen LogP contribution is -2.34. The van der Waals surface area contributed by atoms with Gasteiger partial charge in [-0.05, 0) is 31.4 Å². The minimum absolute atomic E-state index is 0.0738. The van der Waals surface area contributed by atoms with Crippen molar-refractivity contribution in [1.82, 2.24) is 34.2 Å². The number of carbonyl (C=O) groups excluding carboxylic acids is 1. The number of aryl methyl sites for hydroxylation is 1. The van der Waals surface area contributed by atoms with Crippen molar-refractivity contribution in [1.29, 1.82) is 5.26 Å². The van der Waals surface area contributed by atoms with E-state index in [0.717, 1.165) is 0 Å². The van der Waals surface area contributed by atoms with Crippen LogP contribution in [0.3, 0.4) is 0 Å². The number of nitrogens with zero attached hydrogens (tertiary/aromatic N) is 8. The number of imidazole rings is 1. The first-order chi connectivity index (χ1) is 17.9. The lowest BCUT2D eigenvalue weighted by molar-refractivity contribution is -0.126. The number of carbonyl (C=O) groups is 1. The summed E-state index contributed by atoms with van der Waals surface area (Å²) in [5.74, 6) is 3.17. The van der Waals surface area contributed by atoms with Crippen LogP contribution in [-0.4, -0.2) is 52.7 Å². The second kappa shape index (κ2) is 9.32. The summed E-state index contributed by atoms with van der Waals surface area (Å²) in [6, 6.07) is 2.85. The van der Waals surface area contributed by atoms with Crippen molar-refractivity contribution >= 4 is 33.8 Å². The maximum absolute atomic E-state index is 14.9. The SMILES string of the molecule is C=CC(=O)N1C[C@@H](n2nc(C#Cc3cc4ncn(CC)c4c(F)c3F)c3c(N)ncnc32)C[C@@H]1CC#N. The quantitative estimate of drug-likeness (QED) is 0.336. The predicted octanol–water partition coefficient (Wildman–Crippen LogP) is 2.70. The zero-order valence-electron chi connectivity index (χ0n) is 19.8. The highest BCUT2D eigenvalue weighted by Crippen LogP contribution is 2.33. The Bertz CT molecular complexity index is 1670. The first-order valence-corrected chi connectivity index (χ1v) is 11.5. The summed E-state index contributed by atoms with van der Waals surface area (Å²) in [5.41, 5.74) is 6.86. The molecule has 1 amide bonds. The van der Waals surface area contributed by atoms with Crippen molar-refractivity contribution in [2.24, 2.45) is 0 Å². The average molecular weight is 502 g/mol. The summed E-state index contributed by atoms with van der Waals surface area (Å²) in [5, 5.41) is 14.1. The van der Waals surface area contributed by atoms with E-state index < -0.39 is 11.6 Å². The van der Waals surface area contributed by atoms with Gasteiger partial charge < -0.3 is 15.2 Å². The number of rotatable bonds is 4. The molecule has 1 saturated heterocycles.